The van der Waals surface area contributed by atoms with Crippen molar-refractivity contribution in [3.8, 4) is 0 Å². The lowest BCUT2D eigenvalue weighted by molar-refractivity contribution is -0.142. The molecule has 1 aromatic carbocycles. The van der Waals surface area contributed by atoms with E-state index >= 15 is 0 Å². The minimum absolute atomic E-state index is 0.174. The van der Waals surface area contributed by atoms with Crippen molar-refractivity contribution in [1.29, 1.82) is 0 Å². The molecule has 0 radical (unpaired) electrons. The number of carbonyl (C=O) groups is 3. The van der Waals surface area contributed by atoms with E-state index in [2.05, 4.69) is 10.6 Å². The zero-order valence-electron chi connectivity index (χ0n) is 13.0. The summed E-state index contributed by atoms with van der Waals surface area (Å²) in [7, 11) is 0. The molecule has 0 aromatic heterocycles. The molecule has 5 N–H and O–H groups in total. The van der Waals surface area contributed by atoms with Gasteiger partial charge in [-0.1, -0.05) is 30.3 Å². The summed E-state index contributed by atoms with van der Waals surface area (Å²) in [5.41, 5.74) is 6.20. The Morgan fingerprint density at radius 2 is 1.78 bits per heavy atom. The molecule has 126 valence electrons. The first kappa shape index (κ1) is 18.6. The molecule has 0 saturated carbocycles. The largest absolute Gasteiger partial charge is 0.480 e. The third-order valence-corrected chi connectivity index (χ3v) is 3.23. The van der Waals surface area contributed by atoms with Crippen LogP contribution in [0.4, 0.5) is 0 Å². The molecule has 0 saturated heterocycles. The van der Waals surface area contributed by atoms with E-state index in [1.807, 2.05) is 30.3 Å². The SMILES string of the molecule is NCCCC[C@@H](NC(=O)CNC(=O)Cc1ccccc1)C(=O)O. The fourth-order valence-corrected chi connectivity index (χ4v) is 2.02. The smallest absolute Gasteiger partial charge is 0.326 e. The van der Waals surface area contributed by atoms with Crippen LogP contribution >= 0.6 is 0 Å². The number of unbranched alkanes of at least 4 members (excludes halogenated alkanes) is 1. The van der Waals surface area contributed by atoms with Crippen molar-refractivity contribution >= 4 is 17.8 Å². The van der Waals surface area contributed by atoms with Crippen LogP contribution in [0.25, 0.3) is 0 Å². The number of amides is 2. The van der Waals surface area contributed by atoms with Crippen LogP contribution < -0.4 is 16.4 Å². The topological polar surface area (TPSA) is 122 Å². The number of benzene rings is 1. The number of nitrogens with two attached hydrogens (primary N) is 1. The second-order valence-corrected chi connectivity index (χ2v) is 5.18. The lowest BCUT2D eigenvalue weighted by Gasteiger charge is -2.14. The molecule has 0 unspecified atom stereocenters. The van der Waals surface area contributed by atoms with Crippen molar-refractivity contribution in [3.05, 3.63) is 35.9 Å². The van der Waals surface area contributed by atoms with Crippen LogP contribution in [0.1, 0.15) is 24.8 Å². The first-order chi connectivity index (χ1) is 11.0. The molecule has 0 heterocycles. The van der Waals surface area contributed by atoms with E-state index in [1.54, 1.807) is 0 Å². The van der Waals surface area contributed by atoms with E-state index in [-0.39, 0.29) is 18.9 Å². The molecular formula is C16H23N3O4. The van der Waals surface area contributed by atoms with Crippen LogP contribution in [-0.4, -0.2) is 42.0 Å². The molecule has 0 spiro atoms. The van der Waals surface area contributed by atoms with Crippen LogP contribution in [0.2, 0.25) is 0 Å². The van der Waals surface area contributed by atoms with Crippen molar-refractivity contribution in [3.63, 3.8) is 0 Å². The maximum Gasteiger partial charge on any atom is 0.326 e. The maximum atomic E-state index is 11.7. The highest BCUT2D eigenvalue weighted by atomic mass is 16.4. The van der Waals surface area contributed by atoms with Gasteiger partial charge < -0.3 is 21.5 Å². The Morgan fingerprint density at radius 3 is 2.39 bits per heavy atom. The van der Waals surface area contributed by atoms with Gasteiger partial charge in [-0.2, -0.15) is 0 Å². The van der Waals surface area contributed by atoms with E-state index in [0.717, 1.165) is 5.56 Å². The fourth-order valence-electron chi connectivity index (χ4n) is 2.02. The van der Waals surface area contributed by atoms with Crippen LogP contribution in [0.15, 0.2) is 30.3 Å². The Morgan fingerprint density at radius 1 is 1.09 bits per heavy atom. The molecule has 0 aliphatic heterocycles. The predicted octanol–water partition coefficient (Wildman–Crippen LogP) is 0.0437. The van der Waals surface area contributed by atoms with Crippen molar-refractivity contribution in [2.45, 2.75) is 31.7 Å². The van der Waals surface area contributed by atoms with Crippen LogP contribution in [0.3, 0.4) is 0 Å². The van der Waals surface area contributed by atoms with Gasteiger partial charge in [0, 0.05) is 0 Å². The Kier molecular flexibility index (Phi) is 8.38. The molecule has 0 fully saturated rings. The van der Waals surface area contributed by atoms with Gasteiger partial charge in [-0.25, -0.2) is 4.79 Å². The number of aliphatic carboxylic acids is 1. The first-order valence-corrected chi connectivity index (χ1v) is 7.55. The van der Waals surface area contributed by atoms with Gasteiger partial charge in [0.2, 0.25) is 11.8 Å². The number of carbonyl (C=O) groups excluding carboxylic acids is 2. The summed E-state index contributed by atoms with van der Waals surface area (Å²) in [6.07, 6.45) is 1.81. The van der Waals surface area contributed by atoms with Crippen LogP contribution in [-0.2, 0) is 20.8 Å². The summed E-state index contributed by atoms with van der Waals surface area (Å²) in [6, 6.07) is 8.18. The lowest BCUT2D eigenvalue weighted by Crippen LogP contribution is -2.45. The number of hydrogen-bond donors (Lipinski definition) is 4. The van der Waals surface area contributed by atoms with E-state index in [4.69, 9.17) is 10.8 Å². The third kappa shape index (κ3) is 7.96. The highest BCUT2D eigenvalue weighted by Gasteiger charge is 2.19. The highest BCUT2D eigenvalue weighted by molar-refractivity contribution is 5.88. The Bertz CT molecular complexity index is 519. The molecule has 7 nitrogen and oxygen atoms in total. The van der Waals surface area contributed by atoms with Gasteiger partial charge in [0.05, 0.1) is 13.0 Å². The molecule has 0 bridgehead atoms. The molecule has 23 heavy (non-hydrogen) atoms. The standard InChI is InChI=1S/C16H23N3O4/c17-9-5-4-8-13(16(22)23)19-15(21)11-18-14(20)10-12-6-2-1-3-7-12/h1-3,6-7,13H,4-5,8-11,17H2,(H,18,20)(H,19,21)(H,22,23)/t13-/m1/s1. The Hall–Kier alpha value is -2.41. The second-order valence-electron chi connectivity index (χ2n) is 5.18. The number of nitrogens with one attached hydrogen (secondary N) is 2. The first-order valence-electron chi connectivity index (χ1n) is 7.55. The van der Waals surface area contributed by atoms with Crippen molar-refractivity contribution < 1.29 is 19.5 Å². The highest BCUT2D eigenvalue weighted by Crippen LogP contribution is 2.01. The quantitative estimate of drug-likeness (QED) is 0.453. The van der Waals surface area contributed by atoms with E-state index < -0.39 is 17.9 Å². The monoisotopic (exact) mass is 321 g/mol. The number of carboxylic acid groups (broad SMARTS) is 1. The van der Waals surface area contributed by atoms with E-state index in [1.165, 1.54) is 0 Å². The minimum atomic E-state index is -1.09. The number of carboxylic acids is 1. The molecule has 1 aromatic rings. The summed E-state index contributed by atoms with van der Waals surface area (Å²) < 4.78 is 0. The van der Waals surface area contributed by atoms with Gasteiger partial charge in [-0.05, 0) is 31.4 Å². The summed E-state index contributed by atoms with van der Waals surface area (Å²) in [6.45, 7) is 0.238. The van der Waals surface area contributed by atoms with Crippen LogP contribution in [0, 0.1) is 0 Å². The van der Waals surface area contributed by atoms with Crippen molar-refractivity contribution in [2.24, 2.45) is 5.73 Å². The van der Waals surface area contributed by atoms with Gasteiger partial charge in [-0.15, -0.1) is 0 Å². The minimum Gasteiger partial charge on any atom is -0.480 e. The fraction of sp³-hybridized carbons (Fsp3) is 0.438. The zero-order valence-corrected chi connectivity index (χ0v) is 13.0. The summed E-state index contributed by atoms with van der Waals surface area (Å²) in [5, 5.41) is 13.9. The maximum absolute atomic E-state index is 11.7. The van der Waals surface area contributed by atoms with E-state index in [0.29, 0.717) is 25.8 Å². The number of hydrogen-bond acceptors (Lipinski definition) is 4. The Balaban J connectivity index is 2.33. The lowest BCUT2D eigenvalue weighted by atomic mass is 10.1. The van der Waals surface area contributed by atoms with Crippen molar-refractivity contribution in [2.75, 3.05) is 13.1 Å². The van der Waals surface area contributed by atoms with Crippen molar-refractivity contribution in [1.82, 2.24) is 10.6 Å². The molecule has 7 heteroatoms. The van der Waals surface area contributed by atoms with E-state index in [9.17, 15) is 14.4 Å². The van der Waals surface area contributed by atoms with Gasteiger partial charge in [0.15, 0.2) is 0 Å². The molecule has 1 rings (SSSR count). The normalized spacial score (nSPS) is 11.5. The Labute approximate surface area is 135 Å². The molecule has 0 aliphatic carbocycles. The average Bonchev–Trinajstić information content (AvgIpc) is 2.53. The van der Waals surface area contributed by atoms with Crippen LogP contribution in [0.5, 0.6) is 0 Å². The average molecular weight is 321 g/mol. The summed E-state index contributed by atoms with van der Waals surface area (Å²) in [4.78, 5) is 34.5. The van der Waals surface area contributed by atoms with Gasteiger partial charge in [-0.3, -0.25) is 9.59 Å². The third-order valence-electron chi connectivity index (χ3n) is 3.23. The zero-order chi connectivity index (χ0) is 17.1. The summed E-state index contributed by atoms with van der Waals surface area (Å²) in [5.74, 6) is -1.90. The molecule has 1 atom stereocenters. The number of rotatable bonds is 10. The molecule has 0 aliphatic rings. The van der Waals surface area contributed by atoms with Gasteiger partial charge >= 0.3 is 5.97 Å². The summed E-state index contributed by atoms with van der Waals surface area (Å²) >= 11 is 0. The molecular weight excluding hydrogens is 298 g/mol. The van der Waals surface area contributed by atoms with Gasteiger partial charge in [0.1, 0.15) is 6.04 Å². The predicted molar refractivity (Wildman–Crippen MR) is 85.6 cm³/mol. The second kappa shape index (κ2) is 10.3. The molecule has 2 amide bonds. The van der Waals surface area contributed by atoms with Gasteiger partial charge in [0.25, 0.3) is 0 Å².